The van der Waals surface area contributed by atoms with Crippen LogP contribution in [0.15, 0.2) is 191 Å². The molecule has 10 rings (SSSR count). The number of hydrogen-bond acceptors (Lipinski definition) is 4. The Morgan fingerprint density at radius 2 is 1.02 bits per heavy atom. The molecule has 0 N–H and O–H groups in total. The van der Waals surface area contributed by atoms with E-state index in [2.05, 4.69) is 144 Å². The van der Waals surface area contributed by atoms with Gasteiger partial charge in [0.1, 0.15) is 16.7 Å². The predicted octanol–water partition coefficient (Wildman–Crippen LogP) is 13.4. The summed E-state index contributed by atoms with van der Waals surface area (Å²) < 4.78 is 12.9. The summed E-state index contributed by atoms with van der Waals surface area (Å²) in [6.07, 6.45) is 0. The Kier molecular flexibility index (Phi) is 6.78. The van der Waals surface area contributed by atoms with Gasteiger partial charge < -0.3 is 13.7 Å². The average molecular weight is 655 g/mol. The molecule has 0 unspecified atom stereocenters. The molecule has 2 heterocycles. The minimum atomic E-state index is 0.591. The van der Waals surface area contributed by atoms with E-state index in [0.717, 1.165) is 61.1 Å². The summed E-state index contributed by atoms with van der Waals surface area (Å²) in [6.45, 7) is 0. The molecule has 0 spiro atoms. The Bertz CT molecular complexity index is 2840. The van der Waals surface area contributed by atoms with Gasteiger partial charge in [-0.15, -0.1) is 0 Å². The maximum Gasteiger partial charge on any atom is 0.227 e. The SMILES string of the molecule is c1ccc(-c2ccc(N(c3ccc4oc5ccc6nc(-c7ccccc7)oc6c5c4c3)c3ccc(-c4ccccc4)c4ccccc34)cc2)cc1. The first-order valence-corrected chi connectivity index (χ1v) is 17.1. The highest BCUT2D eigenvalue weighted by atomic mass is 16.4. The van der Waals surface area contributed by atoms with E-state index in [4.69, 9.17) is 13.8 Å². The van der Waals surface area contributed by atoms with Gasteiger partial charge in [0, 0.05) is 27.7 Å². The highest BCUT2D eigenvalue weighted by Crippen LogP contribution is 2.45. The Morgan fingerprint density at radius 3 is 1.76 bits per heavy atom. The fourth-order valence-corrected chi connectivity index (χ4v) is 7.29. The predicted molar refractivity (Wildman–Crippen MR) is 210 cm³/mol. The van der Waals surface area contributed by atoms with Crippen molar-refractivity contribution in [3.8, 4) is 33.7 Å². The first-order chi connectivity index (χ1) is 25.3. The first kappa shape index (κ1) is 29.0. The number of anilines is 3. The highest BCUT2D eigenvalue weighted by molar-refractivity contribution is 6.17. The molecule has 0 bridgehead atoms. The van der Waals surface area contributed by atoms with Crippen molar-refractivity contribution in [2.75, 3.05) is 4.90 Å². The standard InChI is InChI=1S/C47H30N2O2/c1-4-12-31(13-5-1)32-20-22-35(23-21-32)49(42-27-25-37(33-14-6-2-7-15-33)38-18-10-11-19-39(38)42)36-24-28-43-40(30-36)45-44(50-43)29-26-41-46(45)51-47(48-41)34-16-8-3-9-17-34/h1-30H. The van der Waals surface area contributed by atoms with Gasteiger partial charge in [0.15, 0.2) is 5.58 Å². The van der Waals surface area contributed by atoms with Gasteiger partial charge in [-0.1, -0.05) is 121 Å². The van der Waals surface area contributed by atoms with Crippen LogP contribution < -0.4 is 4.90 Å². The number of hydrogen-bond donors (Lipinski definition) is 0. The van der Waals surface area contributed by atoms with Gasteiger partial charge in [-0.3, -0.25) is 0 Å². The van der Waals surface area contributed by atoms with Crippen molar-refractivity contribution in [1.29, 1.82) is 0 Å². The molecule has 0 atom stereocenters. The summed E-state index contributed by atoms with van der Waals surface area (Å²) in [6, 6.07) is 63.5. The second kappa shape index (κ2) is 11.9. The molecule has 51 heavy (non-hydrogen) atoms. The molecule has 0 aliphatic heterocycles. The summed E-state index contributed by atoms with van der Waals surface area (Å²) >= 11 is 0. The van der Waals surface area contributed by atoms with Crippen LogP contribution in [0, 0.1) is 0 Å². The summed E-state index contributed by atoms with van der Waals surface area (Å²) in [4.78, 5) is 7.20. The van der Waals surface area contributed by atoms with Gasteiger partial charge >= 0.3 is 0 Å². The molecule has 2 aromatic heterocycles. The number of aromatic nitrogens is 1. The van der Waals surface area contributed by atoms with Crippen molar-refractivity contribution < 1.29 is 8.83 Å². The van der Waals surface area contributed by atoms with E-state index in [-0.39, 0.29) is 0 Å². The Morgan fingerprint density at radius 1 is 0.412 bits per heavy atom. The molecule has 0 aliphatic rings. The Labute approximate surface area is 294 Å². The van der Waals surface area contributed by atoms with E-state index in [1.54, 1.807) is 0 Å². The third-order valence-corrected chi connectivity index (χ3v) is 9.71. The van der Waals surface area contributed by atoms with Crippen LogP contribution in [0.3, 0.4) is 0 Å². The van der Waals surface area contributed by atoms with Gasteiger partial charge in [-0.25, -0.2) is 4.98 Å². The van der Waals surface area contributed by atoms with E-state index in [9.17, 15) is 0 Å². The number of nitrogens with zero attached hydrogens (tertiary/aromatic N) is 2. The lowest BCUT2D eigenvalue weighted by atomic mass is 9.96. The molecule has 0 amide bonds. The Hall–Kier alpha value is -6.91. The molecule has 4 heteroatoms. The molecule has 10 aromatic rings. The zero-order chi connectivity index (χ0) is 33.7. The van der Waals surface area contributed by atoms with Crippen LogP contribution >= 0.6 is 0 Å². The molecule has 0 aliphatic carbocycles. The molecule has 0 saturated heterocycles. The third kappa shape index (κ3) is 4.96. The van der Waals surface area contributed by atoms with Crippen LogP contribution in [0.1, 0.15) is 0 Å². The van der Waals surface area contributed by atoms with Crippen molar-refractivity contribution in [3.63, 3.8) is 0 Å². The second-order valence-electron chi connectivity index (χ2n) is 12.7. The zero-order valence-electron chi connectivity index (χ0n) is 27.5. The van der Waals surface area contributed by atoms with Crippen LogP contribution in [0.2, 0.25) is 0 Å². The van der Waals surface area contributed by atoms with Gasteiger partial charge in [-0.05, 0) is 88.3 Å². The summed E-state index contributed by atoms with van der Waals surface area (Å²) in [5.41, 5.74) is 11.9. The van der Waals surface area contributed by atoms with Crippen LogP contribution in [-0.4, -0.2) is 4.98 Å². The monoisotopic (exact) mass is 654 g/mol. The lowest BCUT2D eigenvalue weighted by molar-refractivity contribution is 0.622. The van der Waals surface area contributed by atoms with Crippen molar-refractivity contribution >= 4 is 60.9 Å². The van der Waals surface area contributed by atoms with Crippen molar-refractivity contribution in [2.45, 2.75) is 0 Å². The second-order valence-corrected chi connectivity index (χ2v) is 12.7. The lowest BCUT2D eigenvalue weighted by Gasteiger charge is -2.28. The molecule has 240 valence electrons. The number of fused-ring (bicyclic) bond motifs is 6. The minimum Gasteiger partial charge on any atom is -0.456 e. The van der Waals surface area contributed by atoms with Gasteiger partial charge in [0.05, 0.1) is 11.1 Å². The van der Waals surface area contributed by atoms with Crippen LogP contribution in [0.5, 0.6) is 0 Å². The number of oxazole rings is 1. The molecule has 0 fully saturated rings. The van der Waals surface area contributed by atoms with Crippen molar-refractivity contribution in [3.05, 3.63) is 182 Å². The Balaban J connectivity index is 1.19. The molecule has 4 nitrogen and oxygen atoms in total. The van der Waals surface area contributed by atoms with E-state index in [1.807, 2.05) is 42.5 Å². The first-order valence-electron chi connectivity index (χ1n) is 17.1. The summed E-state index contributed by atoms with van der Waals surface area (Å²) in [5, 5.41) is 4.25. The fraction of sp³-hybridized carbons (Fsp3) is 0. The van der Waals surface area contributed by atoms with Crippen molar-refractivity contribution in [1.82, 2.24) is 4.98 Å². The highest BCUT2D eigenvalue weighted by Gasteiger charge is 2.21. The maximum absolute atomic E-state index is 6.49. The van der Waals surface area contributed by atoms with Gasteiger partial charge in [0.25, 0.3) is 0 Å². The van der Waals surface area contributed by atoms with Crippen LogP contribution in [0.4, 0.5) is 17.1 Å². The van der Waals surface area contributed by atoms with Crippen LogP contribution in [-0.2, 0) is 0 Å². The fourth-order valence-electron chi connectivity index (χ4n) is 7.29. The number of rotatable bonds is 6. The lowest BCUT2D eigenvalue weighted by Crippen LogP contribution is -2.10. The van der Waals surface area contributed by atoms with E-state index >= 15 is 0 Å². The smallest absolute Gasteiger partial charge is 0.227 e. The van der Waals surface area contributed by atoms with E-state index < -0.39 is 0 Å². The summed E-state index contributed by atoms with van der Waals surface area (Å²) in [5.74, 6) is 0.591. The number of furan rings is 1. The van der Waals surface area contributed by atoms with E-state index in [0.29, 0.717) is 5.89 Å². The van der Waals surface area contributed by atoms with Gasteiger partial charge in [0.2, 0.25) is 5.89 Å². The molecule has 0 radical (unpaired) electrons. The normalized spacial score (nSPS) is 11.5. The zero-order valence-corrected chi connectivity index (χ0v) is 27.5. The molecular weight excluding hydrogens is 625 g/mol. The molecule has 8 aromatic carbocycles. The average Bonchev–Trinajstić information content (AvgIpc) is 3.81. The number of benzene rings is 8. The molecular formula is C47H30N2O2. The topological polar surface area (TPSA) is 42.4 Å². The quantitative estimate of drug-likeness (QED) is 0.179. The maximum atomic E-state index is 6.49. The van der Waals surface area contributed by atoms with E-state index in [1.165, 1.54) is 27.6 Å². The van der Waals surface area contributed by atoms with Crippen molar-refractivity contribution in [2.24, 2.45) is 0 Å². The summed E-state index contributed by atoms with van der Waals surface area (Å²) in [7, 11) is 0. The minimum absolute atomic E-state index is 0.591. The molecule has 0 saturated carbocycles. The largest absolute Gasteiger partial charge is 0.456 e. The third-order valence-electron chi connectivity index (χ3n) is 9.71. The van der Waals surface area contributed by atoms with Gasteiger partial charge in [-0.2, -0.15) is 0 Å². The van der Waals surface area contributed by atoms with Crippen LogP contribution in [0.25, 0.3) is 77.5 Å².